The van der Waals surface area contributed by atoms with Crippen molar-refractivity contribution in [2.24, 2.45) is 10.2 Å². The molecule has 2 aromatic carbocycles. The number of likely N-dealkylation sites (tertiary alicyclic amines) is 2. The first kappa shape index (κ1) is 29.6. The average molecular weight is 688 g/mol. The molecule has 2 aromatic rings. The molecule has 4 nitrogen and oxygen atoms in total. The van der Waals surface area contributed by atoms with Crippen molar-refractivity contribution < 1.29 is 56.9 Å². The second-order valence-electron chi connectivity index (χ2n) is 10.8. The summed E-state index contributed by atoms with van der Waals surface area (Å²) >= 11 is 0. The van der Waals surface area contributed by atoms with Crippen LogP contribution in [0.2, 0.25) is 0 Å². The largest absolute Gasteiger partial charge is 1.00 e. The number of halogens is 2. The van der Waals surface area contributed by atoms with Gasteiger partial charge >= 0.3 is 0 Å². The molecular formula is C28H42I2N4. The van der Waals surface area contributed by atoms with Gasteiger partial charge < -0.3 is 56.9 Å². The second kappa shape index (κ2) is 14.2. The Kier molecular flexibility index (Phi) is 12.4. The molecule has 188 valence electrons. The third-order valence-corrected chi connectivity index (χ3v) is 7.52. The van der Waals surface area contributed by atoms with Crippen LogP contribution in [0, 0.1) is 0 Å². The second-order valence-corrected chi connectivity index (χ2v) is 10.8. The van der Waals surface area contributed by atoms with Crippen LogP contribution in [-0.2, 0) is 13.1 Å². The summed E-state index contributed by atoms with van der Waals surface area (Å²) in [4.78, 5) is 0. The van der Waals surface area contributed by atoms with Gasteiger partial charge in [0.25, 0.3) is 0 Å². The van der Waals surface area contributed by atoms with E-state index in [1.807, 2.05) is 0 Å². The molecule has 0 saturated carbocycles. The van der Waals surface area contributed by atoms with E-state index in [1.54, 1.807) is 0 Å². The summed E-state index contributed by atoms with van der Waals surface area (Å²) in [7, 11) is 4.83. The summed E-state index contributed by atoms with van der Waals surface area (Å²) in [6.07, 6.45) is 11.0. The van der Waals surface area contributed by atoms with E-state index in [0.717, 1.165) is 33.4 Å². The predicted molar refractivity (Wildman–Crippen MR) is 133 cm³/mol. The fourth-order valence-electron chi connectivity index (χ4n) is 5.65. The lowest BCUT2D eigenvalue weighted by Crippen LogP contribution is -3.00. The first-order valence-corrected chi connectivity index (χ1v) is 12.8. The van der Waals surface area contributed by atoms with Crippen LogP contribution in [0.1, 0.15) is 62.5 Å². The van der Waals surface area contributed by atoms with Crippen molar-refractivity contribution in [3.63, 3.8) is 0 Å². The van der Waals surface area contributed by atoms with Crippen molar-refractivity contribution in [3.8, 4) is 0 Å². The average Bonchev–Trinajstić information content (AvgIpc) is 3.12. The van der Waals surface area contributed by atoms with Gasteiger partial charge in [-0.05, 0) is 75.6 Å². The van der Waals surface area contributed by atoms with Crippen molar-refractivity contribution in [1.82, 2.24) is 0 Å². The minimum atomic E-state index is 0. The zero-order valence-electron chi connectivity index (χ0n) is 21.1. The topological polar surface area (TPSA) is 24.7 Å². The number of rotatable bonds is 6. The van der Waals surface area contributed by atoms with Crippen LogP contribution in [0.25, 0.3) is 0 Å². The zero-order chi connectivity index (χ0) is 22.3. The van der Waals surface area contributed by atoms with E-state index in [1.165, 1.54) is 88.7 Å². The molecule has 2 aliphatic heterocycles. The Bertz CT molecular complexity index is 825. The third-order valence-electron chi connectivity index (χ3n) is 7.52. The number of azo groups is 1. The first-order chi connectivity index (χ1) is 15.5. The summed E-state index contributed by atoms with van der Waals surface area (Å²) in [5, 5.41) is 9.21. The van der Waals surface area contributed by atoms with Crippen LogP contribution in [0.3, 0.4) is 0 Å². The number of benzene rings is 2. The molecule has 2 fully saturated rings. The van der Waals surface area contributed by atoms with Gasteiger partial charge in [-0.2, -0.15) is 10.2 Å². The number of nitrogens with zero attached hydrogens (tertiary/aromatic N) is 4. The van der Waals surface area contributed by atoms with E-state index in [9.17, 15) is 0 Å². The maximum atomic E-state index is 4.60. The summed E-state index contributed by atoms with van der Waals surface area (Å²) in [5.41, 5.74) is 4.66. The van der Waals surface area contributed by atoms with Crippen LogP contribution in [0.4, 0.5) is 11.4 Å². The lowest BCUT2D eigenvalue weighted by Gasteiger charge is -2.33. The van der Waals surface area contributed by atoms with Crippen molar-refractivity contribution >= 4 is 11.4 Å². The van der Waals surface area contributed by atoms with Crippen LogP contribution in [-0.4, -0.2) is 49.2 Å². The van der Waals surface area contributed by atoms with Gasteiger partial charge in [0.15, 0.2) is 0 Å². The quantitative estimate of drug-likeness (QED) is 0.248. The molecule has 0 N–H and O–H groups in total. The minimum Gasteiger partial charge on any atom is -1.00 e. The highest BCUT2D eigenvalue weighted by Crippen LogP contribution is 2.26. The van der Waals surface area contributed by atoms with Crippen LogP contribution < -0.4 is 48.0 Å². The lowest BCUT2D eigenvalue weighted by molar-refractivity contribution is -0.921. The molecule has 4 rings (SSSR count). The molecule has 6 heteroatoms. The van der Waals surface area contributed by atoms with Gasteiger partial charge in [0, 0.05) is 11.1 Å². The van der Waals surface area contributed by atoms with Crippen LogP contribution in [0.5, 0.6) is 0 Å². The van der Waals surface area contributed by atoms with Crippen molar-refractivity contribution in [2.45, 2.75) is 64.5 Å². The Morgan fingerprint density at radius 2 is 0.912 bits per heavy atom. The minimum absolute atomic E-state index is 0. The molecule has 2 aliphatic rings. The first-order valence-electron chi connectivity index (χ1n) is 12.8. The van der Waals surface area contributed by atoms with Gasteiger partial charge in [0.05, 0.1) is 51.6 Å². The molecule has 2 heterocycles. The molecule has 0 bridgehead atoms. The Hall–Kier alpha value is -0.580. The Balaban J connectivity index is 0.00000204. The highest BCUT2D eigenvalue weighted by Gasteiger charge is 2.24. The highest BCUT2D eigenvalue weighted by atomic mass is 127. The molecule has 0 unspecified atom stereocenters. The van der Waals surface area contributed by atoms with Gasteiger partial charge in [-0.1, -0.05) is 24.3 Å². The SMILES string of the molecule is C[N+]1(Cc2cccc(N=Nc3cccc(C[N+]4(C)CCCCCC4)c3)c2)CCCCCC1.[I-].[I-]. The van der Waals surface area contributed by atoms with Crippen molar-refractivity contribution in [1.29, 1.82) is 0 Å². The molecule has 0 amide bonds. The molecular weight excluding hydrogens is 646 g/mol. The summed E-state index contributed by atoms with van der Waals surface area (Å²) in [6.45, 7) is 7.34. The number of hydrogen-bond acceptors (Lipinski definition) is 2. The summed E-state index contributed by atoms with van der Waals surface area (Å²) in [5.74, 6) is 0. The predicted octanol–water partition coefficient (Wildman–Crippen LogP) is 1.15. The van der Waals surface area contributed by atoms with E-state index < -0.39 is 0 Å². The molecule has 2 saturated heterocycles. The Morgan fingerprint density at radius 3 is 1.26 bits per heavy atom. The number of hydrogen-bond donors (Lipinski definition) is 0. The molecule has 0 atom stereocenters. The van der Waals surface area contributed by atoms with Gasteiger partial charge in [-0.15, -0.1) is 0 Å². The molecule has 0 spiro atoms. The monoisotopic (exact) mass is 688 g/mol. The fraction of sp³-hybridized carbons (Fsp3) is 0.571. The number of quaternary nitrogens is 2. The third kappa shape index (κ3) is 9.13. The summed E-state index contributed by atoms with van der Waals surface area (Å²) < 4.78 is 2.30. The van der Waals surface area contributed by atoms with Crippen LogP contribution in [0.15, 0.2) is 58.8 Å². The molecule has 0 aliphatic carbocycles. The summed E-state index contributed by atoms with van der Waals surface area (Å²) in [6, 6.07) is 17.4. The molecule has 0 radical (unpaired) electrons. The lowest BCUT2D eigenvalue weighted by atomic mass is 10.1. The van der Waals surface area contributed by atoms with E-state index in [4.69, 9.17) is 0 Å². The van der Waals surface area contributed by atoms with Crippen LogP contribution >= 0.6 is 0 Å². The van der Waals surface area contributed by atoms with E-state index >= 15 is 0 Å². The Morgan fingerprint density at radius 1 is 0.559 bits per heavy atom. The van der Waals surface area contributed by atoms with Gasteiger partial charge in [-0.25, -0.2) is 0 Å². The Labute approximate surface area is 241 Å². The molecule has 0 aromatic heterocycles. The van der Waals surface area contributed by atoms with E-state index in [2.05, 4.69) is 72.9 Å². The maximum absolute atomic E-state index is 4.60. The zero-order valence-corrected chi connectivity index (χ0v) is 25.4. The van der Waals surface area contributed by atoms with Gasteiger partial charge in [0.2, 0.25) is 0 Å². The normalized spacial score (nSPS) is 19.9. The van der Waals surface area contributed by atoms with E-state index in [-0.39, 0.29) is 48.0 Å². The smallest absolute Gasteiger partial charge is 0.104 e. The fourth-order valence-corrected chi connectivity index (χ4v) is 5.65. The highest BCUT2D eigenvalue weighted by molar-refractivity contribution is 5.43. The van der Waals surface area contributed by atoms with Gasteiger partial charge in [-0.3, -0.25) is 0 Å². The van der Waals surface area contributed by atoms with Crippen molar-refractivity contribution in [2.75, 3.05) is 40.3 Å². The standard InChI is InChI=1S/C28H42N4.2HI/c1-31(17-7-3-4-8-18-31)23-25-13-11-15-27(21-25)29-30-28-16-12-14-26(22-28)24-32(2)19-9-5-6-10-20-32;;/h11-16,21-22H,3-10,17-20,23-24H2,1-2H3;2*1H/q+2;;/p-2. The van der Waals surface area contributed by atoms with E-state index in [0.29, 0.717) is 0 Å². The molecule has 34 heavy (non-hydrogen) atoms. The van der Waals surface area contributed by atoms with Crippen molar-refractivity contribution in [3.05, 3.63) is 59.7 Å². The van der Waals surface area contributed by atoms with Gasteiger partial charge in [0.1, 0.15) is 13.1 Å². The maximum Gasteiger partial charge on any atom is 0.104 e.